The van der Waals surface area contributed by atoms with Crippen molar-refractivity contribution in [3.05, 3.63) is 84.9 Å². The molecule has 0 saturated heterocycles. The fourth-order valence-corrected chi connectivity index (χ4v) is 4.69. The van der Waals surface area contributed by atoms with E-state index in [1.807, 2.05) is 29.6 Å². The van der Waals surface area contributed by atoms with Gasteiger partial charge in [0.1, 0.15) is 5.75 Å². The van der Waals surface area contributed by atoms with Crippen molar-refractivity contribution in [2.75, 3.05) is 19.0 Å². The van der Waals surface area contributed by atoms with Crippen molar-refractivity contribution in [3.8, 4) is 17.0 Å². The van der Waals surface area contributed by atoms with Gasteiger partial charge in [0.25, 0.3) is 15.9 Å². The predicted molar refractivity (Wildman–Crippen MR) is 123 cm³/mol. The minimum Gasteiger partial charge on any atom is -0.497 e. The molecule has 1 aromatic heterocycles. The Bertz CT molecular complexity index is 1200. The molecule has 0 spiro atoms. The highest BCUT2D eigenvalue weighted by atomic mass is 32.2. The summed E-state index contributed by atoms with van der Waals surface area (Å²) in [5, 5.41) is 5.01. The summed E-state index contributed by atoms with van der Waals surface area (Å²) in [5.74, 6) is 0.330. The van der Waals surface area contributed by atoms with Gasteiger partial charge in [-0.15, -0.1) is 17.9 Å². The SMILES string of the molecule is C=CCN(C=C)S(=O)(=O)c1ccc(C(=O)Nc2nc(-c3cccc(OC)c3)cs2)cc1. The molecular formula is C22H21N3O4S2. The van der Waals surface area contributed by atoms with Gasteiger partial charge in [0.15, 0.2) is 5.13 Å². The van der Waals surface area contributed by atoms with E-state index < -0.39 is 10.0 Å². The van der Waals surface area contributed by atoms with Gasteiger partial charge < -0.3 is 4.74 Å². The maximum absolute atomic E-state index is 12.6. The molecule has 3 aromatic rings. The molecule has 3 rings (SSSR count). The van der Waals surface area contributed by atoms with E-state index in [-0.39, 0.29) is 17.3 Å². The van der Waals surface area contributed by atoms with Gasteiger partial charge in [0, 0.05) is 22.7 Å². The van der Waals surface area contributed by atoms with Gasteiger partial charge >= 0.3 is 0 Å². The Hall–Kier alpha value is -3.43. The van der Waals surface area contributed by atoms with Crippen molar-refractivity contribution < 1.29 is 17.9 Å². The highest BCUT2D eigenvalue weighted by Crippen LogP contribution is 2.27. The number of aromatic nitrogens is 1. The van der Waals surface area contributed by atoms with Gasteiger partial charge in [0.05, 0.1) is 24.2 Å². The quantitative estimate of drug-likeness (QED) is 0.484. The minimum atomic E-state index is -3.76. The Morgan fingerprint density at radius 2 is 1.97 bits per heavy atom. The van der Waals surface area contributed by atoms with Crippen molar-refractivity contribution in [3.63, 3.8) is 0 Å². The lowest BCUT2D eigenvalue weighted by Crippen LogP contribution is -2.25. The van der Waals surface area contributed by atoms with Crippen molar-refractivity contribution in [2.45, 2.75) is 4.90 Å². The highest BCUT2D eigenvalue weighted by Gasteiger charge is 2.20. The monoisotopic (exact) mass is 455 g/mol. The lowest BCUT2D eigenvalue weighted by molar-refractivity contribution is 0.102. The van der Waals surface area contributed by atoms with E-state index in [4.69, 9.17) is 4.74 Å². The van der Waals surface area contributed by atoms with Gasteiger partial charge in [-0.25, -0.2) is 13.4 Å². The third kappa shape index (κ3) is 5.01. The molecular weight excluding hydrogens is 434 g/mol. The van der Waals surface area contributed by atoms with Crippen LogP contribution in [0.2, 0.25) is 0 Å². The molecule has 2 aromatic carbocycles. The summed E-state index contributed by atoms with van der Waals surface area (Å²) in [6, 6.07) is 13.1. The number of hydrogen-bond acceptors (Lipinski definition) is 6. The van der Waals surface area contributed by atoms with Gasteiger partial charge in [-0.05, 0) is 36.4 Å². The Balaban J connectivity index is 1.74. The number of benzene rings is 2. The summed E-state index contributed by atoms with van der Waals surface area (Å²) in [5.41, 5.74) is 1.90. The Morgan fingerprint density at radius 1 is 1.23 bits per heavy atom. The van der Waals surface area contributed by atoms with Crippen molar-refractivity contribution in [2.24, 2.45) is 0 Å². The molecule has 9 heteroatoms. The van der Waals surface area contributed by atoms with E-state index in [0.29, 0.717) is 22.1 Å². The largest absolute Gasteiger partial charge is 0.497 e. The number of carbonyl (C=O) groups is 1. The van der Waals surface area contributed by atoms with Gasteiger partial charge in [-0.1, -0.05) is 24.8 Å². The molecule has 160 valence electrons. The van der Waals surface area contributed by atoms with Crippen LogP contribution in [0.4, 0.5) is 5.13 Å². The Morgan fingerprint density at radius 3 is 2.61 bits per heavy atom. The second kappa shape index (κ2) is 9.59. The van der Waals surface area contributed by atoms with Crippen LogP contribution in [0.25, 0.3) is 11.3 Å². The van der Waals surface area contributed by atoms with E-state index in [9.17, 15) is 13.2 Å². The minimum absolute atomic E-state index is 0.0559. The first-order chi connectivity index (χ1) is 14.9. The van der Waals surface area contributed by atoms with Gasteiger partial charge in [-0.3, -0.25) is 14.4 Å². The molecule has 0 radical (unpaired) electrons. The topological polar surface area (TPSA) is 88.6 Å². The van der Waals surface area contributed by atoms with Crippen molar-refractivity contribution in [1.82, 2.24) is 9.29 Å². The number of nitrogens with one attached hydrogen (secondary N) is 1. The van der Waals surface area contributed by atoms with Crippen LogP contribution in [0, 0.1) is 0 Å². The number of nitrogens with zero attached hydrogens (tertiary/aromatic N) is 2. The number of ether oxygens (including phenoxy) is 1. The molecule has 0 bridgehead atoms. The molecule has 7 nitrogen and oxygen atoms in total. The summed E-state index contributed by atoms with van der Waals surface area (Å²) in [7, 11) is -2.16. The summed E-state index contributed by atoms with van der Waals surface area (Å²) in [6.45, 7) is 7.17. The van der Waals surface area contributed by atoms with Crippen LogP contribution < -0.4 is 10.1 Å². The summed E-state index contributed by atoms with van der Waals surface area (Å²) in [4.78, 5) is 17.1. The zero-order valence-electron chi connectivity index (χ0n) is 16.8. The van der Waals surface area contributed by atoms with Crippen LogP contribution in [0.15, 0.2) is 84.2 Å². The summed E-state index contributed by atoms with van der Waals surface area (Å²) in [6.07, 6.45) is 2.69. The maximum atomic E-state index is 12.6. The Kier molecular flexibility index (Phi) is 6.88. The molecule has 0 fully saturated rings. The average molecular weight is 456 g/mol. The fraction of sp³-hybridized carbons (Fsp3) is 0.0909. The van der Waals surface area contributed by atoms with Crippen LogP contribution in [-0.4, -0.2) is 37.3 Å². The van der Waals surface area contributed by atoms with E-state index in [2.05, 4.69) is 23.5 Å². The number of amides is 1. The first-order valence-corrected chi connectivity index (χ1v) is 11.5. The molecule has 1 N–H and O–H groups in total. The molecule has 1 amide bonds. The zero-order chi connectivity index (χ0) is 22.4. The number of methoxy groups -OCH3 is 1. The van der Waals surface area contributed by atoms with Crippen LogP contribution in [0.5, 0.6) is 5.75 Å². The lowest BCUT2D eigenvalue weighted by Gasteiger charge is -2.18. The predicted octanol–water partition coefficient (Wildman–Crippen LogP) is 4.39. The maximum Gasteiger partial charge on any atom is 0.264 e. The molecule has 0 atom stereocenters. The summed E-state index contributed by atoms with van der Waals surface area (Å²) < 4.78 is 31.5. The molecule has 0 aliphatic rings. The first kappa shape index (κ1) is 22.3. The third-order valence-corrected chi connectivity index (χ3v) is 6.87. The number of hydrogen-bond donors (Lipinski definition) is 1. The number of carbonyl (C=O) groups excluding carboxylic acids is 1. The van der Waals surface area contributed by atoms with E-state index >= 15 is 0 Å². The molecule has 0 aliphatic heterocycles. The second-order valence-corrected chi connectivity index (χ2v) is 9.04. The molecule has 1 heterocycles. The van der Waals surface area contributed by atoms with Crippen LogP contribution in [0.3, 0.4) is 0 Å². The zero-order valence-corrected chi connectivity index (χ0v) is 18.4. The third-order valence-electron chi connectivity index (χ3n) is 4.33. The van der Waals surface area contributed by atoms with Gasteiger partial charge in [-0.2, -0.15) is 0 Å². The van der Waals surface area contributed by atoms with Crippen molar-refractivity contribution in [1.29, 1.82) is 0 Å². The number of thiazole rings is 1. The highest BCUT2D eigenvalue weighted by molar-refractivity contribution is 7.89. The summed E-state index contributed by atoms with van der Waals surface area (Å²) >= 11 is 1.29. The number of rotatable bonds is 9. The number of sulfonamides is 1. The molecule has 0 saturated carbocycles. The lowest BCUT2D eigenvalue weighted by atomic mass is 10.2. The van der Waals surface area contributed by atoms with Crippen LogP contribution >= 0.6 is 11.3 Å². The van der Waals surface area contributed by atoms with Crippen molar-refractivity contribution >= 4 is 32.4 Å². The van der Waals surface area contributed by atoms with E-state index in [1.54, 1.807) is 7.11 Å². The van der Waals surface area contributed by atoms with Crippen LogP contribution in [0.1, 0.15) is 10.4 Å². The molecule has 0 aliphatic carbocycles. The van der Waals surface area contributed by atoms with Crippen LogP contribution in [-0.2, 0) is 10.0 Å². The average Bonchev–Trinajstić information content (AvgIpc) is 3.26. The molecule has 0 unspecified atom stereocenters. The van der Waals surface area contributed by atoms with E-state index in [0.717, 1.165) is 9.87 Å². The first-order valence-electron chi connectivity index (χ1n) is 9.15. The smallest absolute Gasteiger partial charge is 0.264 e. The Labute approximate surface area is 185 Å². The fourth-order valence-electron chi connectivity index (χ4n) is 2.73. The standard InChI is InChI=1S/C22H21N3O4S2/c1-4-13-25(5-2)31(27,28)19-11-9-16(10-12-19)21(26)24-22-23-20(15-30-22)17-7-6-8-18(14-17)29-3/h4-12,14-15H,1-2,13H2,3H3,(H,23,24,26). The van der Waals surface area contributed by atoms with Gasteiger partial charge in [0.2, 0.25) is 0 Å². The molecule has 31 heavy (non-hydrogen) atoms. The second-order valence-electron chi connectivity index (χ2n) is 6.29. The normalized spacial score (nSPS) is 10.9. The number of anilines is 1. The van der Waals surface area contributed by atoms with E-state index in [1.165, 1.54) is 47.9 Å².